The quantitative estimate of drug-likeness (QED) is 0.815. The van der Waals surface area contributed by atoms with Crippen molar-refractivity contribution in [2.24, 2.45) is 11.7 Å². The Kier molecular flexibility index (Phi) is 5.24. The summed E-state index contributed by atoms with van der Waals surface area (Å²) in [6, 6.07) is 6.77. The molecule has 0 heterocycles. The maximum absolute atomic E-state index is 6.00. The van der Waals surface area contributed by atoms with E-state index in [2.05, 4.69) is 61.9 Å². The molecule has 1 aromatic carbocycles. The van der Waals surface area contributed by atoms with E-state index in [-0.39, 0.29) is 0 Å². The first kappa shape index (κ1) is 14.5. The molecule has 2 N–H and O–H groups in total. The van der Waals surface area contributed by atoms with Crippen LogP contribution in [0.2, 0.25) is 0 Å². The van der Waals surface area contributed by atoms with Crippen molar-refractivity contribution in [3.8, 4) is 0 Å². The van der Waals surface area contributed by atoms with Crippen LogP contribution in [0.3, 0.4) is 0 Å². The van der Waals surface area contributed by atoms with E-state index in [0.717, 1.165) is 21.4 Å². The van der Waals surface area contributed by atoms with Crippen LogP contribution >= 0.6 is 31.9 Å². The highest BCUT2D eigenvalue weighted by Gasteiger charge is 2.27. The first-order chi connectivity index (χ1) is 8.65. The highest BCUT2D eigenvalue weighted by molar-refractivity contribution is 9.13. The summed E-state index contributed by atoms with van der Waals surface area (Å²) in [4.78, 5) is 2.51. The predicted molar refractivity (Wildman–Crippen MR) is 83.6 cm³/mol. The van der Waals surface area contributed by atoms with Crippen LogP contribution < -0.4 is 5.73 Å². The fraction of sp³-hybridized carbons (Fsp3) is 0.571. The van der Waals surface area contributed by atoms with Gasteiger partial charge in [0.2, 0.25) is 0 Å². The van der Waals surface area contributed by atoms with Gasteiger partial charge in [-0.1, -0.05) is 13.0 Å². The minimum atomic E-state index is 0.333. The molecule has 1 saturated carbocycles. The molecule has 0 saturated heterocycles. The van der Waals surface area contributed by atoms with Crippen LogP contribution in [0.25, 0.3) is 0 Å². The maximum Gasteiger partial charge on any atom is 0.0470 e. The van der Waals surface area contributed by atoms with Gasteiger partial charge in [0, 0.05) is 28.1 Å². The number of nitrogens with zero attached hydrogens (tertiary/aromatic N) is 1. The first-order valence-electron chi connectivity index (χ1n) is 6.54. The molecule has 0 bridgehead atoms. The molecule has 1 atom stereocenters. The van der Waals surface area contributed by atoms with Crippen molar-refractivity contribution in [2.75, 3.05) is 19.6 Å². The van der Waals surface area contributed by atoms with E-state index < -0.39 is 0 Å². The lowest BCUT2D eigenvalue weighted by atomic mass is 10.0. The average molecular weight is 376 g/mol. The van der Waals surface area contributed by atoms with E-state index in [0.29, 0.717) is 12.6 Å². The van der Waals surface area contributed by atoms with E-state index in [1.807, 2.05) is 0 Å². The number of likely N-dealkylation sites (N-methyl/N-ethyl adjacent to an activating group) is 1. The Bertz CT molecular complexity index is 405. The Morgan fingerprint density at radius 1 is 1.33 bits per heavy atom. The summed E-state index contributed by atoms with van der Waals surface area (Å²) < 4.78 is 2.19. The normalized spacial score (nSPS) is 17.2. The lowest BCUT2D eigenvalue weighted by Gasteiger charge is -2.30. The van der Waals surface area contributed by atoms with E-state index in [9.17, 15) is 0 Å². The summed E-state index contributed by atoms with van der Waals surface area (Å²) in [5.74, 6) is 0.901. The third-order valence-electron chi connectivity index (χ3n) is 3.59. The molecule has 2 rings (SSSR count). The number of hydrogen-bond acceptors (Lipinski definition) is 2. The first-order valence-corrected chi connectivity index (χ1v) is 8.13. The van der Waals surface area contributed by atoms with E-state index >= 15 is 0 Å². The van der Waals surface area contributed by atoms with Crippen LogP contribution in [-0.4, -0.2) is 24.5 Å². The van der Waals surface area contributed by atoms with Crippen molar-refractivity contribution in [1.29, 1.82) is 0 Å². The maximum atomic E-state index is 6.00. The highest BCUT2D eigenvalue weighted by atomic mass is 79.9. The van der Waals surface area contributed by atoms with Crippen LogP contribution in [0, 0.1) is 5.92 Å². The third-order valence-corrected chi connectivity index (χ3v) is 5.47. The molecule has 2 nitrogen and oxygen atoms in total. The van der Waals surface area contributed by atoms with Crippen molar-refractivity contribution < 1.29 is 0 Å². The van der Waals surface area contributed by atoms with Crippen molar-refractivity contribution in [2.45, 2.75) is 25.8 Å². The molecule has 18 heavy (non-hydrogen) atoms. The molecule has 0 spiro atoms. The summed E-state index contributed by atoms with van der Waals surface area (Å²) in [7, 11) is 0. The van der Waals surface area contributed by atoms with Gasteiger partial charge in [-0.15, -0.1) is 0 Å². The standard InChI is InChI=1S/C14H20Br2N2/c1-2-18(9-10-3-4-10)14(8-17)11-5-6-12(15)13(16)7-11/h5-7,10,14H,2-4,8-9,17H2,1H3. The molecule has 1 aliphatic carbocycles. The zero-order valence-electron chi connectivity index (χ0n) is 10.7. The van der Waals surface area contributed by atoms with E-state index in [4.69, 9.17) is 5.73 Å². The molecule has 0 aliphatic heterocycles. The zero-order chi connectivity index (χ0) is 13.1. The molecule has 0 amide bonds. The summed E-state index contributed by atoms with van der Waals surface area (Å²) in [6.07, 6.45) is 2.77. The van der Waals surface area contributed by atoms with Gasteiger partial charge >= 0.3 is 0 Å². The molecule has 1 aromatic rings. The third kappa shape index (κ3) is 3.56. The van der Waals surface area contributed by atoms with Gasteiger partial charge in [-0.3, -0.25) is 4.90 Å². The fourth-order valence-electron chi connectivity index (χ4n) is 2.32. The van der Waals surface area contributed by atoms with Crippen molar-refractivity contribution in [3.63, 3.8) is 0 Å². The molecule has 0 radical (unpaired) electrons. The minimum Gasteiger partial charge on any atom is -0.329 e. The van der Waals surface area contributed by atoms with Crippen molar-refractivity contribution in [1.82, 2.24) is 4.90 Å². The molecule has 1 fully saturated rings. The smallest absolute Gasteiger partial charge is 0.0470 e. The average Bonchev–Trinajstić information content (AvgIpc) is 3.17. The highest BCUT2D eigenvalue weighted by Crippen LogP contribution is 2.33. The van der Waals surface area contributed by atoms with Crippen LogP contribution in [0.5, 0.6) is 0 Å². The Labute approximate surface area is 126 Å². The largest absolute Gasteiger partial charge is 0.329 e. The Hall–Kier alpha value is 0.1000. The zero-order valence-corrected chi connectivity index (χ0v) is 13.9. The van der Waals surface area contributed by atoms with Gasteiger partial charge in [0.15, 0.2) is 0 Å². The molecule has 1 aliphatic rings. The SMILES string of the molecule is CCN(CC1CC1)C(CN)c1ccc(Br)c(Br)c1. The molecular formula is C14H20Br2N2. The van der Waals surface area contributed by atoms with Crippen LogP contribution in [-0.2, 0) is 0 Å². The molecule has 1 unspecified atom stereocenters. The van der Waals surface area contributed by atoms with Crippen molar-refractivity contribution in [3.05, 3.63) is 32.7 Å². The molecule has 100 valence electrons. The van der Waals surface area contributed by atoms with Crippen molar-refractivity contribution >= 4 is 31.9 Å². The second kappa shape index (κ2) is 6.51. The monoisotopic (exact) mass is 374 g/mol. The topological polar surface area (TPSA) is 29.3 Å². The lowest BCUT2D eigenvalue weighted by molar-refractivity contribution is 0.203. The number of rotatable bonds is 6. The Balaban J connectivity index is 2.16. The number of halogens is 2. The lowest BCUT2D eigenvalue weighted by Crippen LogP contribution is -2.35. The van der Waals surface area contributed by atoms with Crippen LogP contribution in [0.15, 0.2) is 27.1 Å². The Morgan fingerprint density at radius 3 is 2.56 bits per heavy atom. The second-order valence-corrected chi connectivity index (χ2v) is 6.66. The minimum absolute atomic E-state index is 0.333. The number of benzene rings is 1. The van der Waals surface area contributed by atoms with E-state index in [1.54, 1.807) is 0 Å². The summed E-state index contributed by atoms with van der Waals surface area (Å²) in [5.41, 5.74) is 7.30. The van der Waals surface area contributed by atoms with Crippen LogP contribution in [0.4, 0.5) is 0 Å². The van der Waals surface area contributed by atoms with Gasteiger partial charge in [-0.25, -0.2) is 0 Å². The van der Waals surface area contributed by atoms with Gasteiger partial charge < -0.3 is 5.73 Å². The molecule has 0 aromatic heterocycles. The number of nitrogens with two attached hydrogens (primary N) is 1. The fourth-order valence-corrected chi connectivity index (χ4v) is 2.97. The molecule has 4 heteroatoms. The van der Waals surface area contributed by atoms with Gasteiger partial charge in [-0.2, -0.15) is 0 Å². The Morgan fingerprint density at radius 2 is 2.06 bits per heavy atom. The van der Waals surface area contributed by atoms with Gasteiger partial charge in [0.1, 0.15) is 0 Å². The van der Waals surface area contributed by atoms with Crippen LogP contribution in [0.1, 0.15) is 31.4 Å². The van der Waals surface area contributed by atoms with Gasteiger partial charge in [0.25, 0.3) is 0 Å². The predicted octanol–water partition coefficient (Wildman–Crippen LogP) is 3.94. The van der Waals surface area contributed by atoms with Gasteiger partial charge in [-0.05, 0) is 74.9 Å². The molecular weight excluding hydrogens is 356 g/mol. The van der Waals surface area contributed by atoms with Gasteiger partial charge in [0.05, 0.1) is 0 Å². The second-order valence-electron chi connectivity index (χ2n) is 4.96. The summed E-state index contributed by atoms with van der Waals surface area (Å²) in [6.45, 7) is 5.14. The number of hydrogen-bond donors (Lipinski definition) is 1. The summed E-state index contributed by atoms with van der Waals surface area (Å²) in [5, 5.41) is 0. The summed E-state index contributed by atoms with van der Waals surface area (Å²) >= 11 is 7.08. The van der Waals surface area contributed by atoms with E-state index in [1.165, 1.54) is 24.9 Å².